The van der Waals surface area contributed by atoms with Crippen molar-refractivity contribution in [2.75, 3.05) is 13.1 Å². The van der Waals surface area contributed by atoms with E-state index in [0.717, 1.165) is 0 Å². The molecule has 1 amide bonds. The van der Waals surface area contributed by atoms with E-state index in [2.05, 4.69) is 5.16 Å². The van der Waals surface area contributed by atoms with Gasteiger partial charge in [-0.05, 0) is 20.3 Å². The summed E-state index contributed by atoms with van der Waals surface area (Å²) < 4.78 is 5.03. The highest BCUT2D eigenvalue weighted by Crippen LogP contribution is 2.30. The molecule has 0 aromatic carbocycles. The maximum absolute atomic E-state index is 12.4. The maximum atomic E-state index is 12.4. The zero-order chi connectivity index (χ0) is 13.5. The fourth-order valence-corrected chi connectivity index (χ4v) is 2.46. The Morgan fingerprint density at radius 3 is 2.67 bits per heavy atom. The van der Waals surface area contributed by atoms with Crippen LogP contribution in [0.4, 0.5) is 0 Å². The molecule has 1 aromatic heterocycles. The van der Waals surface area contributed by atoms with Gasteiger partial charge in [0, 0.05) is 18.5 Å². The normalized spacial score (nSPS) is 23.2. The zero-order valence-corrected chi connectivity index (χ0v) is 11.4. The Morgan fingerprint density at radius 1 is 1.50 bits per heavy atom. The fraction of sp³-hybridized carbons (Fsp3) is 0.692. The number of hydrogen-bond donors (Lipinski definition) is 1. The Bertz CT molecular complexity index is 445. The summed E-state index contributed by atoms with van der Waals surface area (Å²) in [5, 5.41) is 13.7. The van der Waals surface area contributed by atoms with Gasteiger partial charge in [-0.1, -0.05) is 19.0 Å². The van der Waals surface area contributed by atoms with E-state index in [4.69, 9.17) is 4.52 Å². The van der Waals surface area contributed by atoms with Crippen molar-refractivity contribution >= 4 is 5.91 Å². The molecule has 0 bridgehead atoms. The molecule has 1 fully saturated rings. The van der Waals surface area contributed by atoms with E-state index < -0.39 is 0 Å². The van der Waals surface area contributed by atoms with Gasteiger partial charge in [-0.15, -0.1) is 0 Å². The molecule has 1 saturated heterocycles. The average Bonchev–Trinajstić information content (AvgIpc) is 2.61. The SMILES string of the molecule is Cc1noc(C)c1C(=O)N1CCC(O)C(C)(C)C1. The Kier molecular flexibility index (Phi) is 3.19. The number of aliphatic hydroxyl groups is 1. The van der Waals surface area contributed by atoms with Crippen molar-refractivity contribution in [3.8, 4) is 0 Å². The predicted molar refractivity (Wildman–Crippen MR) is 66.3 cm³/mol. The van der Waals surface area contributed by atoms with Gasteiger partial charge in [-0.2, -0.15) is 0 Å². The summed E-state index contributed by atoms with van der Waals surface area (Å²) in [4.78, 5) is 14.2. The van der Waals surface area contributed by atoms with E-state index in [1.807, 2.05) is 13.8 Å². The summed E-state index contributed by atoms with van der Waals surface area (Å²) in [5.41, 5.74) is 0.913. The number of amides is 1. The third-order valence-electron chi connectivity index (χ3n) is 3.71. The summed E-state index contributed by atoms with van der Waals surface area (Å²) in [6.45, 7) is 8.60. The molecule has 18 heavy (non-hydrogen) atoms. The number of nitrogens with zero attached hydrogens (tertiary/aromatic N) is 2. The molecule has 2 heterocycles. The first-order chi connectivity index (χ1) is 8.33. The molecule has 5 nitrogen and oxygen atoms in total. The lowest BCUT2D eigenvalue weighted by atomic mass is 9.81. The first-order valence-electron chi connectivity index (χ1n) is 6.23. The molecule has 5 heteroatoms. The van der Waals surface area contributed by atoms with Crippen molar-refractivity contribution in [3.63, 3.8) is 0 Å². The van der Waals surface area contributed by atoms with Crippen LogP contribution in [0.25, 0.3) is 0 Å². The van der Waals surface area contributed by atoms with Gasteiger partial charge in [0.2, 0.25) is 0 Å². The minimum absolute atomic E-state index is 0.0498. The molecule has 1 atom stereocenters. The van der Waals surface area contributed by atoms with Crippen LogP contribution in [-0.4, -0.2) is 40.3 Å². The second-order valence-corrected chi connectivity index (χ2v) is 5.72. The number of carbonyl (C=O) groups excluding carboxylic acids is 1. The minimum atomic E-state index is -0.355. The Labute approximate surface area is 107 Å². The topological polar surface area (TPSA) is 66.6 Å². The lowest BCUT2D eigenvalue weighted by Gasteiger charge is -2.41. The number of hydrogen-bond acceptors (Lipinski definition) is 4. The summed E-state index contributed by atoms with van der Waals surface area (Å²) in [7, 11) is 0. The van der Waals surface area contributed by atoms with Gasteiger partial charge in [0.05, 0.1) is 11.8 Å². The van der Waals surface area contributed by atoms with Crippen LogP contribution in [0, 0.1) is 19.3 Å². The highest BCUT2D eigenvalue weighted by atomic mass is 16.5. The van der Waals surface area contributed by atoms with E-state index in [1.54, 1.807) is 18.7 Å². The van der Waals surface area contributed by atoms with Crippen molar-refractivity contribution < 1.29 is 14.4 Å². The second-order valence-electron chi connectivity index (χ2n) is 5.72. The quantitative estimate of drug-likeness (QED) is 0.823. The Balaban J connectivity index is 2.21. The van der Waals surface area contributed by atoms with Gasteiger partial charge in [0.25, 0.3) is 5.91 Å². The Hall–Kier alpha value is -1.36. The molecule has 1 aliphatic heterocycles. The van der Waals surface area contributed by atoms with Crippen LogP contribution < -0.4 is 0 Å². The van der Waals surface area contributed by atoms with Crippen molar-refractivity contribution in [2.24, 2.45) is 5.41 Å². The monoisotopic (exact) mass is 252 g/mol. The van der Waals surface area contributed by atoms with Crippen molar-refractivity contribution in [1.29, 1.82) is 0 Å². The molecular weight excluding hydrogens is 232 g/mol. The molecule has 1 N–H and O–H groups in total. The van der Waals surface area contributed by atoms with Crippen LogP contribution in [0.5, 0.6) is 0 Å². The average molecular weight is 252 g/mol. The maximum Gasteiger partial charge on any atom is 0.259 e. The number of aromatic nitrogens is 1. The van der Waals surface area contributed by atoms with E-state index in [0.29, 0.717) is 36.5 Å². The molecule has 0 radical (unpaired) electrons. The van der Waals surface area contributed by atoms with Crippen LogP contribution in [0.1, 0.15) is 42.1 Å². The van der Waals surface area contributed by atoms with Gasteiger partial charge in [-0.3, -0.25) is 4.79 Å². The van der Waals surface area contributed by atoms with E-state index in [1.165, 1.54) is 0 Å². The smallest absolute Gasteiger partial charge is 0.259 e. The summed E-state index contributed by atoms with van der Waals surface area (Å²) in [6, 6.07) is 0. The summed E-state index contributed by atoms with van der Waals surface area (Å²) in [5.74, 6) is 0.507. The van der Waals surface area contributed by atoms with Gasteiger partial charge < -0.3 is 14.5 Å². The molecule has 1 aromatic rings. The first-order valence-corrected chi connectivity index (χ1v) is 6.23. The number of carbonyl (C=O) groups is 1. The number of likely N-dealkylation sites (tertiary alicyclic amines) is 1. The zero-order valence-electron chi connectivity index (χ0n) is 11.4. The van der Waals surface area contributed by atoms with Crippen LogP contribution >= 0.6 is 0 Å². The van der Waals surface area contributed by atoms with E-state index in [-0.39, 0.29) is 17.4 Å². The number of piperidine rings is 1. The van der Waals surface area contributed by atoms with Crippen LogP contribution in [-0.2, 0) is 0 Å². The molecule has 2 rings (SSSR count). The second kappa shape index (κ2) is 4.39. The van der Waals surface area contributed by atoms with Crippen molar-refractivity contribution in [2.45, 2.75) is 40.2 Å². The number of rotatable bonds is 1. The van der Waals surface area contributed by atoms with Gasteiger partial charge >= 0.3 is 0 Å². The third-order valence-corrected chi connectivity index (χ3v) is 3.71. The van der Waals surface area contributed by atoms with Crippen molar-refractivity contribution in [3.05, 3.63) is 17.0 Å². The van der Waals surface area contributed by atoms with Crippen LogP contribution in [0.3, 0.4) is 0 Å². The predicted octanol–water partition coefficient (Wildman–Crippen LogP) is 1.52. The number of aliphatic hydroxyl groups excluding tert-OH is 1. The largest absolute Gasteiger partial charge is 0.392 e. The van der Waals surface area contributed by atoms with Gasteiger partial charge in [-0.25, -0.2) is 0 Å². The van der Waals surface area contributed by atoms with Gasteiger partial charge in [0.15, 0.2) is 0 Å². The molecular formula is C13H20N2O3. The molecule has 0 aliphatic carbocycles. The Morgan fingerprint density at radius 2 is 2.17 bits per heavy atom. The molecule has 0 spiro atoms. The first kappa shape index (κ1) is 13.1. The molecule has 100 valence electrons. The fourth-order valence-electron chi connectivity index (χ4n) is 2.46. The third kappa shape index (κ3) is 2.14. The molecule has 1 aliphatic rings. The van der Waals surface area contributed by atoms with Gasteiger partial charge in [0.1, 0.15) is 11.3 Å². The lowest BCUT2D eigenvalue weighted by molar-refractivity contribution is -0.0182. The summed E-state index contributed by atoms with van der Waals surface area (Å²) >= 11 is 0. The number of aryl methyl sites for hydroxylation is 2. The standard InChI is InChI=1S/C13H20N2O3/c1-8-11(9(2)18-14-8)12(17)15-6-5-10(16)13(3,4)7-15/h10,16H,5-7H2,1-4H3. The minimum Gasteiger partial charge on any atom is -0.392 e. The lowest BCUT2D eigenvalue weighted by Crippen LogP contribution is -2.50. The van der Waals surface area contributed by atoms with Crippen LogP contribution in [0.15, 0.2) is 4.52 Å². The van der Waals surface area contributed by atoms with E-state index in [9.17, 15) is 9.90 Å². The summed E-state index contributed by atoms with van der Waals surface area (Å²) in [6.07, 6.45) is 0.258. The highest BCUT2D eigenvalue weighted by Gasteiger charge is 2.37. The molecule has 0 saturated carbocycles. The van der Waals surface area contributed by atoms with E-state index >= 15 is 0 Å². The van der Waals surface area contributed by atoms with Crippen LogP contribution in [0.2, 0.25) is 0 Å². The van der Waals surface area contributed by atoms with Crippen molar-refractivity contribution in [1.82, 2.24) is 10.1 Å². The highest BCUT2D eigenvalue weighted by molar-refractivity contribution is 5.96. The molecule has 1 unspecified atom stereocenters.